The molecule has 0 spiro atoms. The number of unbranched alkanes of at least 4 members (excludes halogenated alkanes) is 1. The Bertz CT molecular complexity index is 2290. The van der Waals surface area contributed by atoms with Gasteiger partial charge in [0.15, 0.2) is 5.82 Å². The number of carbonyl (C=O) groups excluding carboxylic acids is 2. The van der Waals surface area contributed by atoms with Gasteiger partial charge in [0.25, 0.3) is 0 Å². The third kappa shape index (κ3) is 10.9. The van der Waals surface area contributed by atoms with Crippen molar-refractivity contribution in [3.05, 3.63) is 84.2 Å². The number of nitrogens with zero attached hydrogens (tertiary/aromatic N) is 7. The van der Waals surface area contributed by atoms with Gasteiger partial charge in [0.1, 0.15) is 23.8 Å². The summed E-state index contributed by atoms with van der Waals surface area (Å²) < 4.78 is 6.40. The highest BCUT2D eigenvalue weighted by Gasteiger charge is 2.52. The minimum atomic E-state index is -1.46. The number of hydrogen-bond acceptors (Lipinski definition) is 13. The second-order valence-electron chi connectivity index (χ2n) is 18.9. The SMILES string of the molecule is C[C@@H]1CNCCN1CCCc1cc(N2C3CCC2CN(c2cc(-c4ccccc4OCc4ccc(NC(=O)[C@H](CCCCN(C)C)NC(=O)C5(C(=O)O)CCC5)cc4)nnc2N)C3)ccn1. The molecule has 8 rings (SSSR count). The molecular weight excluding hydrogens is 835 g/mol. The molecular formula is C50H67N11O5. The van der Waals surface area contributed by atoms with Gasteiger partial charge >= 0.3 is 5.97 Å². The molecule has 352 valence electrons. The molecule has 6 N–H and O–H groups in total. The number of amides is 2. The van der Waals surface area contributed by atoms with Crippen LogP contribution in [-0.4, -0.2) is 132 Å². The van der Waals surface area contributed by atoms with Crippen molar-refractivity contribution in [3.63, 3.8) is 0 Å². The number of carboxylic acids is 1. The Morgan fingerprint density at radius 2 is 1.77 bits per heavy atom. The van der Waals surface area contributed by atoms with Crippen molar-refractivity contribution in [2.75, 3.05) is 80.8 Å². The summed E-state index contributed by atoms with van der Waals surface area (Å²) in [5.74, 6) is -1.06. The molecule has 4 fully saturated rings. The van der Waals surface area contributed by atoms with E-state index in [-0.39, 0.29) is 25.4 Å². The van der Waals surface area contributed by atoms with E-state index in [2.05, 4.69) is 64.8 Å². The van der Waals surface area contributed by atoms with E-state index >= 15 is 0 Å². The molecule has 2 amide bonds. The fraction of sp³-hybridized carbons (Fsp3) is 0.520. The predicted molar refractivity (Wildman–Crippen MR) is 258 cm³/mol. The largest absolute Gasteiger partial charge is 0.488 e. The van der Waals surface area contributed by atoms with E-state index in [1.807, 2.05) is 62.8 Å². The Hall–Kier alpha value is -5.84. The number of piperazine rings is 2. The number of nitrogen functional groups attached to an aromatic ring is 1. The number of nitrogens with two attached hydrogens (primary N) is 1. The molecule has 1 aliphatic carbocycles. The lowest BCUT2D eigenvalue weighted by atomic mass is 9.68. The van der Waals surface area contributed by atoms with Crippen molar-refractivity contribution >= 4 is 40.7 Å². The number of anilines is 4. The number of fused-ring (bicyclic) bond motifs is 2. The molecule has 3 aliphatic heterocycles. The summed E-state index contributed by atoms with van der Waals surface area (Å²) in [6, 6.07) is 22.0. The number of ether oxygens (including phenoxy) is 1. The van der Waals surface area contributed by atoms with Gasteiger partial charge in [-0.15, -0.1) is 10.2 Å². The van der Waals surface area contributed by atoms with Gasteiger partial charge in [-0.3, -0.25) is 24.3 Å². The molecule has 2 unspecified atom stereocenters. The van der Waals surface area contributed by atoms with Crippen LogP contribution in [0.15, 0.2) is 72.9 Å². The first-order valence-electron chi connectivity index (χ1n) is 23.8. The highest BCUT2D eigenvalue weighted by Crippen LogP contribution is 2.42. The van der Waals surface area contributed by atoms with Crippen molar-refractivity contribution in [1.29, 1.82) is 0 Å². The van der Waals surface area contributed by atoms with Gasteiger partial charge in [0.05, 0.1) is 11.4 Å². The minimum absolute atomic E-state index is 0.264. The van der Waals surface area contributed by atoms with Crippen LogP contribution in [0.1, 0.15) is 76.0 Å². The number of rotatable bonds is 20. The number of carbonyl (C=O) groups is 3. The highest BCUT2D eigenvalue weighted by molar-refractivity contribution is 6.05. The number of benzene rings is 2. The zero-order chi connectivity index (χ0) is 46.2. The molecule has 16 nitrogen and oxygen atoms in total. The van der Waals surface area contributed by atoms with E-state index < -0.39 is 23.3 Å². The van der Waals surface area contributed by atoms with Crippen molar-refractivity contribution in [2.45, 2.75) is 102 Å². The average molecular weight is 902 g/mol. The topological polar surface area (TPSA) is 194 Å². The Morgan fingerprint density at radius 3 is 2.48 bits per heavy atom. The van der Waals surface area contributed by atoms with Crippen molar-refractivity contribution in [2.24, 2.45) is 5.41 Å². The van der Waals surface area contributed by atoms with Crippen LogP contribution in [0.5, 0.6) is 5.75 Å². The van der Waals surface area contributed by atoms with Gasteiger partial charge in [-0.2, -0.15) is 0 Å². The first kappa shape index (κ1) is 46.7. The number of carboxylic acid groups (broad SMARTS) is 1. The molecule has 0 radical (unpaired) electrons. The summed E-state index contributed by atoms with van der Waals surface area (Å²) in [6.45, 7) is 9.39. The van der Waals surface area contributed by atoms with Crippen LogP contribution in [0.2, 0.25) is 0 Å². The fourth-order valence-electron chi connectivity index (χ4n) is 10.0. The van der Waals surface area contributed by atoms with Gasteiger partial charge in [0, 0.05) is 79.7 Å². The zero-order valence-corrected chi connectivity index (χ0v) is 38.8. The standard InChI is InChI=1S/C50H67N11O5/c1-34-30-52-24-27-59(34)26-8-10-37-28-38(20-23-53-37)61-39-18-19-40(61)32-60(31-39)44-29-43(56-57-46(44)51)41-11-4-5-13-45(41)66-33-35-14-16-36(17-15-35)54-47(62)42(12-6-7-25-58(2)3)55-48(63)50(49(64)65)21-9-22-50/h4-5,11,13-17,20,23,28-29,34,39-40,42,52H,6-10,12,18-19,21-22,24-27,30-33H2,1-3H3,(H2,51,57)(H,54,62)(H,55,63)(H,64,65)/t34-,39?,40?,42+/m1/s1. The number of aryl methyl sites for hydroxylation is 1. The van der Waals surface area contributed by atoms with E-state index in [1.165, 1.54) is 5.69 Å². The molecule has 4 aliphatic rings. The Morgan fingerprint density at radius 1 is 1.00 bits per heavy atom. The maximum absolute atomic E-state index is 13.6. The van der Waals surface area contributed by atoms with Gasteiger partial charge in [0.2, 0.25) is 11.8 Å². The number of nitrogens with one attached hydrogen (secondary N) is 3. The van der Waals surface area contributed by atoms with E-state index in [9.17, 15) is 19.5 Å². The minimum Gasteiger partial charge on any atom is -0.488 e. The summed E-state index contributed by atoms with van der Waals surface area (Å²) in [5.41, 5.74) is 11.3. The number of pyridine rings is 1. The summed E-state index contributed by atoms with van der Waals surface area (Å²) in [4.78, 5) is 53.1. The molecule has 4 aromatic rings. The highest BCUT2D eigenvalue weighted by atomic mass is 16.5. The first-order chi connectivity index (χ1) is 32.0. The third-order valence-electron chi connectivity index (χ3n) is 14.0. The number of aromatic nitrogens is 3. The monoisotopic (exact) mass is 902 g/mol. The van der Waals surface area contributed by atoms with Gasteiger partial charge < -0.3 is 46.2 Å². The zero-order valence-electron chi connectivity index (χ0n) is 38.8. The van der Waals surface area contributed by atoms with Crippen LogP contribution in [0.3, 0.4) is 0 Å². The molecule has 2 aromatic heterocycles. The van der Waals surface area contributed by atoms with E-state index in [0.717, 1.165) is 100 Å². The van der Waals surface area contributed by atoms with Crippen LogP contribution in [-0.2, 0) is 27.4 Å². The van der Waals surface area contributed by atoms with Crippen LogP contribution in [0.4, 0.5) is 22.9 Å². The van der Waals surface area contributed by atoms with Crippen LogP contribution >= 0.6 is 0 Å². The lowest BCUT2D eigenvalue weighted by Crippen LogP contribution is -2.55. The van der Waals surface area contributed by atoms with E-state index in [4.69, 9.17) is 15.5 Å². The lowest BCUT2D eigenvalue weighted by molar-refractivity contribution is -0.162. The van der Waals surface area contributed by atoms with Crippen molar-refractivity contribution in [1.82, 2.24) is 35.6 Å². The quantitative estimate of drug-likeness (QED) is 0.0575. The fourth-order valence-corrected chi connectivity index (χ4v) is 10.0. The Kier molecular flexibility index (Phi) is 15.0. The molecule has 4 atom stereocenters. The molecule has 16 heteroatoms. The van der Waals surface area contributed by atoms with Crippen molar-refractivity contribution in [3.8, 4) is 17.0 Å². The molecule has 1 saturated carbocycles. The maximum Gasteiger partial charge on any atom is 0.319 e. The van der Waals surface area contributed by atoms with Gasteiger partial charge in [-0.1, -0.05) is 30.7 Å². The number of hydrogen-bond donors (Lipinski definition) is 5. The third-order valence-corrected chi connectivity index (χ3v) is 14.0. The van der Waals surface area contributed by atoms with Crippen LogP contribution < -0.4 is 36.2 Å². The van der Waals surface area contributed by atoms with Gasteiger partial charge in [-0.25, -0.2) is 0 Å². The Labute approximate surface area is 388 Å². The molecule has 2 bridgehead atoms. The molecule has 5 heterocycles. The summed E-state index contributed by atoms with van der Waals surface area (Å²) in [6.07, 6.45) is 9.42. The second kappa shape index (κ2) is 21.2. The normalized spacial score (nSPS) is 20.7. The maximum atomic E-state index is 13.6. The van der Waals surface area contributed by atoms with Crippen molar-refractivity contribution < 1.29 is 24.2 Å². The Balaban J connectivity index is 0.878. The molecule has 3 saturated heterocycles. The predicted octanol–water partition coefficient (Wildman–Crippen LogP) is 5.19. The average Bonchev–Trinajstić information content (AvgIpc) is 3.56. The summed E-state index contributed by atoms with van der Waals surface area (Å²) in [7, 11) is 3.97. The first-order valence-corrected chi connectivity index (χ1v) is 23.8. The lowest BCUT2D eigenvalue weighted by Gasteiger charge is -2.43. The molecule has 2 aromatic carbocycles. The van der Waals surface area contributed by atoms with E-state index in [1.54, 1.807) is 12.1 Å². The number of aliphatic carboxylic acids is 1. The second-order valence-corrected chi connectivity index (χ2v) is 18.9. The smallest absolute Gasteiger partial charge is 0.319 e. The summed E-state index contributed by atoms with van der Waals surface area (Å²) >= 11 is 0. The number of para-hydroxylation sites is 1. The molecule has 66 heavy (non-hydrogen) atoms. The summed E-state index contributed by atoms with van der Waals surface area (Å²) in [5, 5.41) is 28.0. The van der Waals surface area contributed by atoms with E-state index in [0.29, 0.717) is 60.3 Å². The van der Waals surface area contributed by atoms with Crippen LogP contribution in [0, 0.1) is 5.41 Å². The van der Waals surface area contributed by atoms with Gasteiger partial charge in [-0.05, 0) is 140 Å². The van der Waals surface area contributed by atoms with Crippen LogP contribution in [0.25, 0.3) is 11.3 Å².